The molecule has 0 aliphatic rings. The minimum atomic E-state index is 0.252. The molecule has 0 fully saturated rings. The predicted octanol–water partition coefficient (Wildman–Crippen LogP) is 4.31. The maximum absolute atomic E-state index is 4.16. The molecule has 0 N–H and O–H groups in total. The van der Waals surface area contributed by atoms with Gasteiger partial charge in [0.15, 0.2) is 0 Å². The maximum atomic E-state index is 4.16. The molecule has 12 heavy (non-hydrogen) atoms. The van der Waals surface area contributed by atoms with Crippen LogP contribution in [-0.2, 0) is 0 Å². The largest absolute Gasteiger partial charge is 0.0651 e. The third-order valence-corrected chi connectivity index (χ3v) is 2.73. The minimum absolute atomic E-state index is 0.252. The molecule has 0 heteroatoms. The van der Waals surface area contributed by atoms with Crippen molar-refractivity contribution in [1.29, 1.82) is 0 Å². The van der Waals surface area contributed by atoms with Gasteiger partial charge >= 0.3 is 0 Å². The standard InChI is InChI=1S/C12H25/c1-7-11(8-2)10(3)9-12(4,5)6/h10-11H,4,7-9H2,1-3,5-6H3. The molecular formula is C12H25. The van der Waals surface area contributed by atoms with Crippen LogP contribution in [0.2, 0.25) is 0 Å². The van der Waals surface area contributed by atoms with E-state index in [1.165, 1.54) is 19.3 Å². The Morgan fingerprint density at radius 3 is 1.83 bits per heavy atom. The molecule has 0 aliphatic carbocycles. The van der Waals surface area contributed by atoms with Gasteiger partial charge in [0.2, 0.25) is 0 Å². The Labute approximate surface area is 78.8 Å². The van der Waals surface area contributed by atoms with Crippen molar-refractivity contribution in [2.75, 3.05) is 0 Å². The fraction of sp³-hybridized carbons (Fsp3) is 0.917. The Hall–Kier alpha value is 0. The molecule has 0 bridgehead atoms. The third kappa shape index (κ3) is 4.79. The Morgan fingerprint density at radius 2 is 1.58 bits per heavy atom. The van der Waals surface area contributed by atoms with Gasteiger partial charge in [-0.15, -0.1) is 0 Å². The summed E-state index contributed by atoms with van der Waals surface area (Å²) in [7, 11) is 0. The molecule has 0 amide bonds. The van der Waals surface area contributed by atoms with Gasteiger partial charge in [0.25, 0.3) is 0 Å². The number of hydrogen-bond acceptors (Lipinski definition) is 0. The monoisotopic (exact) mass is 169 g/mol. The fourth-order valence-electron chi connectivity index (χ4n) is 2.13. The summed E-state index contributed by atoms with van der Waals surface area (Å²) in [5.74, 6) is 1.72. The van der Waals surface area contributed by atoms with Gasteiger partial charge < -0.3 is 0 Å². The second-order valence-corrected chi connectivity index (χ2v) is 4.92. The van der Waals surface area contributed by atoms with Crippen molar-refractivity contribution < 1.29 is 0 Å². The van der Waals surface area contributed by atoms with E-state index in [4.69, 9.17) is 0 Å². The summed E-state index contributed by atoms with van der Waals surface area (Å²) in [6, 6.07) is 0. The van der Waals surface area contributed by atoms with Crippen LogP contribution in [0.25, 0.3) is 0 Å². The van der Waals surface area contributed by atoms with Crippen LogP contribution in [-0.4, -0.2) is 0 Å². The van der Waals surface area contributed by atoms with Crippen molar-refractivity contribution in [1.82, 2.24) is 0 Å². The highest BCUT2D eigenvalue weighted by Gasteiger charge is 2.20. The second kappa shape index (κ2) is 4.89. The Kier molecular flexibility index (Phi) is 4.89. The first-order valence-corrected chi connectivity index (χ1v) is 5.26. The van der Waals surface area contributed by atoms with E-state index < -0.39 is 0 Å². The zero-order valence-corrected chi connectivity index (χ0v) is 9.48. The summed E-state index contributed by atoms with van der Waals surface area (Å²) in [5.41, 5.74) is 0.252. The van der Waals surface area contributed by atoms with E-state index in [0.29, 0.717) is 0 Å². The fourth-order valence-corrected chi connectivity index (χ4v) is 2.13. The SMILES string of the molecule is [CH2]C(C)(C)CC(C)C(CC)CC. The van der Waals surface area contributed by atoms with E-state index in [9.17, 15) is 0 Å². The molecule has 0 aromatic heterocycles. The summed E-state index contributed by atoms with van der Waals surface area (Å²) in [6.07, 6.45) is 3.88. The third-order valence-electron chi connectivity index (χ3n) is 2.73. The van der Waals surface area contributed by atoms with Gasteiger partial charge in [-0.05, 0) is 30.6 Å². The van der Waals surface area contributed by atoms with Gasteiger partial charge in [0.05, 0.1) is 0 Å². The van der Waals surface area contributed by atoms with Gasteiger partial charge in [0, 0.05) is 0 Å². The van der Waals surface area contributed by atoms with Crippen molar-refractivity contribution in [2.24, 2.45) is 17.3 Å². The molecule has 0 spiro atoms. The van der Waals surface area contributed by atoms with Crippen LogP contribution in [0.4, 0.5) is 0 Å². The van der Waals surface area contributed by atoms with Crippen LogP contribution in [0.15, 0.2) is 0 Å². The van der Waals surface area contributed by atoms with E-state index in [1.807, 2.05) is 0 Å². The number of hydrogen-bond donors (Lipinski definition) is 0. The van der Waals surface area contributed by atoms with Crippen LogP contribution >= 0.6 is 0 Å². The molecule has 0 saturated carbocycles. The highest BCUT2D eigenvalue weighted by Crippen LogP contribution is 2.31. The lowest BCUT2D eigenvalue weighted by Gasteiger charge is -2.28. The zero-order chi connectivity index (χ0) is 9.78. The Bertz CT molecular complexity index is 104. The van der Waals surface area contributed by atoms with E-state index in [0.717, 1.165) is 11.8 Å². The van der Waals surface area contributed by atoms with Crippen LogP contribution in [0.1, 0.15) is 53.9 Å². The average molecular weight is 169 g/mol. The quantitative estimate of drug-likeness (QED) is 0.575. The molecule has 1 unspecified atom stereocenters. The maximum Gasteiger partial charge on any atom is -0.0351 e. The lowest BCUT2D eigenvalue weighted by molar-refractivity contribution is 0.248. The highest BCUT2D eigenvalue weighted by atomic mass is 14.3. The molecule has 0 saturated heterocycles. The minimum Gasteiger partial charge on any atom is -0.0651 e. The molecule has 1 atom stereocenters. The van der Waals surface area contributed by atoms with E-state index >= 15 is 0 Å². The van der Waals surface area contributed by atoms with Gasteiger partial charge in [-0.3, -0.25) is 0 Å². The Balaban J connectivity index is 3.92. The summed E-state index contributed by atoms with van der Waals surface area (Å²) in [5, 5.41) is 0. The van der Waals surface area contributed by atoms with Crippen molar-refractivity contribution in [3.05, 3.63) is 6.92 Å². The molecule has 0 heterocycles. The van der Waals surface area contributed by atoms with E-state index in [-0.39, 0.29) is 5.41 Å². The van der Waals surface area contributed by atoms with E-state index in [2.05, 4.69) is 41.5 Å². The highest BCUT2D eigenvalue weighted by molar-refractivity contribution is 4.76. The first kappa shape index (κ1) is 12.0. The molecular weight excluding hydrogens is 144 g/mol. The predicted molar refractivity (Wildman–Crippen MR) is 57.0 cm³/mol. The van der Waals surface area contributed by atoms with E-state index in [1.54, 1.807) is 0 Å². The smallest absolute Gasteiger partial charge is 0.0351 e. The van der Waals surface area contributed by atoms with Gasteiger partial charge in [-0.1, -0.05) is 47.5 Å². The first-order chi connectivity index (χ1) is 5.40. The molecule has 0 aromatic rings. The normalized spacial score (nSPS) is 15.2. The van der Waals surface area contributed by atoms with Crippen molar-refractivity contribution in [3.8, 4) is 0 Å². The van der Waals surface area contributed by atoms with Crippen LogP contribution < -0.4 is 0 Å². The topological polar surface area (TPSA) is 0 Å². The van der Waals surface area contributed by atoms with Crippen LogP contribution in [0, 0.1) is 24.2 Å². The summed E-state index contributed by atoms with van der Waals surface area (Å²) in [4.78, 5) is 0. The van der Waals surface area contributed by atoms with Crippen molar-refractivity contribution >= 4 is 0 Å². The first-order valence-electron chi connectivity index (χ1n) is 5.26. The lowest BCUT2D eigenvalue weighted by atomic mass is 9.78. The summed E-state index contributed by atoms with van der Waals surface area (Å²) >= 11 is 0. The van der Waals surface area contributed by atoms with Gasteiger partial charge in [-0.2, -0.15) is 0 Å². The van der Waals surface area contributed by atoms with Crippen molar-refractivity contribution in [3.63, 3.8) is 0 Å². The van der Waals surface area contributed by atoms with Crippen LogP contribution in [0.5, 0.6) is 0 Å². The molecule has 73 valence electrons. The average Bonchev–Trinajstić information content (AvgIpc) is 1.85. The van der Waals surface area contributed by atoms with Crippen LogP contribution in [0.3, 0.4) is 0 Å². The lowest BCUT2D eigenvalue weighted by Crippen LogP contribution is -2.18. The Morgan fingerprint density at radius 1 is 1.17 bits per heavy atom. The molecule has 0 aromatic carbocycles. The molecule has 0 nitrogen and oxygen atoms in total. The van der Waals surface area contributed by atoms with Gasteiger partial charge in [-0.25, -0.2) is 0 Å². The molecule has 1 radical (unpaired) electrons. The summed E-state index contributed by atoms with van der Waals surface area (Å²) < 4.78 is 0. The second-order valence-electron chi connectivity index (χ2n) is 4.92. The van der Waals surface area contributed by atoms with Gasteiger partial charge in [0.1, 0.15) is 0 Å². The zero-order valence-electron chi connectivity index (χ0n) is 9.48. The molecule has 0 aliphatic heterocycles. The summed E-state index contributed by atoms with van der Waals surface area (Å²) in [6.45, 7) is 15.6. The van der Waals surface area contributed by atoms with Crippen molar-refractivity contribution in [2.45, 2.75) is 53.9 Å². The number of rotatable bonds is 5. The molecule has 0 rings (SSSR count).